The molecule has 0 saturated carbocycles. The van der Waals surface area contributed by atoms with E-state index in [0.717, 1.165) is 19.3 Å². The Kier molecular flexibility index (Phi) is 7.03. The van der Waals surface area contributed by atoms with Gasteiger partial charge in [0, 0.05) is 24.2 Å². The van der Waals surface area contributed by atoms with Crippen molar-refractivity contribution in [3.8, 4) is 5.75 Å². The molecular weight excluding hydrogens is 314 g/mol. The van der Waals surface area contributed by atoms with Crippen LogP contribution in [0.5, 0.6) is 5.75 Å². The number of carbonyl (C=O) groups is 1. The van der Waals surface area contributed by atoms with E-state index in [4.69, 9.17) is 5.73 Å². The van der Waals surface area contributed by atoms with E-state index in [0.29, 0.717) is 12.1 Å². The number of ether oxygens (including phenoxy) is 1. The van der Waals surface area contributed by atoms with Crippen molar-refractivity contribution in [1.29, 1.82) is 0 Å². The van der Waals surface area contributed by atoms with Crippen LogP contribution in [-0.2, 0) is 0 Å². The average Bonchev–Trinajstić information content (AvgIpc) is 2.46. The Balaban J connectivity index is 0.00000242. The standard InChI is InChI=1S/C15H20F2N2O2.ClH/c1-10(18)13-7-2-3-8-19(13)14(20)11-5-4-6-12(9-11)21-15(16)17;/h4-6,9-10,13,15H,2-3,7-8,18H2,1H3;1H. The lowest BCUT2D eigenvalue weighted by molar-refractivity contribution is -0.0499. The minimum Gasteiger partial charge on any atom is -0.435 e. The molecule has 0 radical (unpaired) electrons. The van der Waals surface area contributed by atoms with Gasteiger partial charge in [-0.05, 0) is 44.4 Å². The van der Waals surface area contributed by atoms with E-state index in [-0.39, 0.29) is 36.1 Å². The number of hydrogen-bond donors (Lipinski definition) is 1. The molecule has 2 N–H and O–H groups in total. The summed E-state index contributed by atoms with van der Waals surface area (Å²) in [5.41, 5.74) is 6.30. The number of alkyl halides is 2. The van der Waals surface area contributed by atoms with Crippen LogP contribution in [0.15, 0.2) is 24.3 Å². The molecule has 124 valence electrons. The topological polar surface area (TPSA) is 55.6 Å². The molecule has 2 atom stereocenters. The quantitative estimate of drug-likeness (QED) is 0.920. The second kappa shape index (κ2) is 8.29. The normalized spacial score (nSPS) is 19.5. The molecule has 4 nitrogen and oxygen atoms in total. The Labute approximate surface area is 135 Å². The summed E-state index contributed by atoms with van der Waals surface area (Å²) in [5, 5.41) is 0. The Bertz CT molecular complexity index is 500. The van der Waals surface area contributed by atoms with Gasteiger partial charge in [-0.3, -0.25) is 4.79 Å². The number of carbonyl (C=O) groups excluding carboxylic acids is 1. The van der Waals surface area contributed by atoms with Crippen LogP contribution in [0.25, 0.3) is 0 Å². The van der Waals surface area contributed by atoms with Crippen LogP contribution in [0.4, 0.5) is 8.78 Å². The molecule has 0 aliphatic carbocycles. The van der Waals surface area contributed by atoms with E-state index in [1.807, 2.05) is 6.92 Å². The molecule has 22 heavy (non-hydrogen) atoms. The summed E-state index contributed by atoms with van der Waals surface area (Å²) < 4.78 is 28.8. The van der Waals surface area contributed by atoms with Crippen LogP contribution in [0.1, 0.15) is 36.5 Å². The Hall–Kier alpha value is -1.40. The zero-order valence-corrected chi connectivity index (χ0v) is 13.2. The van der Waals surface area contributed by atoms with Crippen LogP contribution in [0, 0.1) is 0 Å². The molecule has 0 bridgehead atoms. The van der Waals surface area contributed by atoms with E-state index in [2.05, 4.69) is 4.74 Å². The summed E-state index contributed by atoms with van der Waals surface area (Å²) in [6, 6.07) is 5.77. The number of rotatable bonds is 4. The lowest BCUT2D eigenvalue weighted by atomic mass is 9.96. The molecule has 0 aromatic heterocycles. The Morgan fingerprint density at radius 1 is 1.41 bits per heavy atom. The van der Waals surface area contributed by atoms with Gasteiger partial charge in [0.15, 0.2) is 0 Å². The molecule has 7 heteroatoms. The van der Waals surface area contributed by atoms with Crippen LogP contribution in [-0.4, -0.2) is 36.0 Å². The van der Waals surface area contributed by atoms with Gasteiger partial charge in [0.1, 0.15) is 5.75 Å². The first-order valence-corrected chi connectivity index (χ1v) is 7.10. The number of benzene rings is 1. The highest BCUT2D eigenvalue weighted by molar-refractivity contribution is 5.95. The van der Waals surface area contributed by atoms with E-state index in [1.54, 1.807) is 11.0 Å². The maximum atomic E-state index is 12.6. The third-order valence-electron chi connectivity index (χ3n) is 3.72. The summed E-state index contributed by atoms with van der Waals surface area (Å²) in [5.74, 6) is -0.193. The number of likely N-dealkylation sites (tertiary alicyclic amines) is 1. The fourth-order valence-electron chi connectivity index (χ4n) is 2.73. The van der Waals surface area contributed by atoms with Gasteiger partial charge in [-0.15, -0.1) is 12.4 Å². The largest absolute Gasteiger partial charge is 0.435 e. The highest BCUT2D eigenvalue weighted by Crippen LogP contribution is 2.23. The van der Waals surface area contributed by atoms with Gasteiger partial charge < -0.3 is 15.4 Å². The molecule has 2 unspecified atom stereocenters. The molecule has 1 aromatic rings. The van der Waals surface area contributed by atoms with Crippen LogP contribution < -0.4 is 10.5 Å². The van der Waals surface area contributed by atoms with Gasteiger partial charge in [0.25, 0.3) is 5.91 Å². The van der Waals surface area contributed by atoms with E-state index in [9.17, 15) is 13.6 Å². The number of nitrogens with two attached hydrogens (primary N) is 1. The highest BCUT2D eigenvalue weighted by Gasteiger charge is 2.29. The van der Waals surface area contributed by atoms with Gasteiger partial charge in [-0.2, -0.15) is 8.78 Å². The molecule has 1 saturated heterocycles. The van der Waals surface area contributed by atoms with Crippen LogP contribution in [0.3, 0.4) is 0 Å². The summed E-state index contributed by atoms with van der Waals surface area (Å²) in [7, 11) is 0. The zero-order chi connectivity index (χ0) is 15.4. The first kappa shape index (κ1) is 18.6. The summed E-state index contributed by atoms with van der Waals surface area (Å²) in [6.45, 7) is -0.375. The van der Waals surface area contributed by atoms with Crippen molar-refractivity contribution in [2.45, 2.75) is 44.9 Å². The molecule has 1 heterocycles. The SMILES string of the molecule is CC(N)C1CCCCN1C(=O)c1cccc(OC(F)F)c1.Cl. The second-order valence-electron chi connectivity index (χ2n) is 5.33. The molecular formula is C15H21ClF2N2O2. The lowest BCUT2D eigenvalue weighted by Gasteiger charge is -2.38. The monoisotopic (exact) mass is 334 g/mol. The summed E-state index contributed by atoms with van der Waals surface area (Å²) in [4.78, 5) is 14.3. The summed E-state index contributed by atoms with van der Waals surface area (Å²) >= 11 is 0. The Morgan fingerprint density at radius 3 is 2.77 bits per heavy atom. The number of hydrogen-bond acceptors (Lipinski definition) is 3. The maximum absolute atomic E-state index is 12.6. The van der Waals surface area contributed by atoms with E-state index < -0.39 is 6.61 Å². The number of amides is 1. The molecule has 1 aliphatic rings. The predicted octanol–water partition coefficient (Wildman–Crippen LogP) is 3.05. The maximum Gasteiger partial charge on any atom is 0.387 e. The lowest BCUT2D eigenvalue weighted by Crippen LogP contribution is -2.51. The fourth-order valence-corrected chi connectivity index (χ4v) is 2.73. The highest BCUT2D eigenvalue weighted by atomic mass is 35.5. The molecule has 1 aliphatic heterocycles. The molecule has 2 rings (SSSR count). The molecule has 0 spiro atoms. The van der Waals surface area contributed by atoms with Gasteiger partial charge >= 0.3 is 6.61 Å². The smallest absolute Gasteiger partial charge is 0.387 e. The first-order chi connectivity index (χ1) is 9.99. The third kappa shape index (κ3) is 4.55. The average molecular weight is 335 g/mol. The van der Waals surface area contributed by atoms with Crippen LogP contribution >= 0.6 is 12.4 Å². The van der Waals surface area contributed by atoms with Crippen molar-refractivity contribution in [1.82, 2.24) is 4.90 Å². The van der Waals surface area contributed by atoms with Crippen LogP contribution in [0.2, 0.25) is 0 Å². The van der Waals surface area contributed by atoms with Gasteiger partial charge in [-0.25, -0.2) is 0 Å². The van der Waals surface area contributed by atoms with Crippen molar-refractivity contribution in [3.63, 3.8) is 0 Å². The minimum absolute atomic E-state index is 0. The molecule has 1 fully saturated rings. The van der Waals surface area contributed by atoms with Crippen molar-refractivity contribution in [3.05, 3.63) is 29.8 Å². The number of halogens is 3. The third-order valence-corrected chi connectivity index (χ3v) is 3.72. The van der Waals surface area contributed by atoms with Gasteiger partial charge in [0.05, 0.1) is 0 Å². The minimum atomic E-state index is -2.90. The van der Waals surface area contributed by atoms with Gasteiger partial charge in [-0.1, -0.05) is 6.07 Å². The molecule has 1 aromatic carbocycles. The fraction of sp³-hybridized carbons (Fsp3) is 0.533. The van der Waals surface area contributed by atoms with Crippen molar-refractivity contribution < 1.29 is 18.3 Å². The molecule has 1 amide bonds. The van der Waals surface area contributed by atoms with E-state index in [1.165, 1.54) is 18.2 Å². The van der Waals surface area contributed by atoms with Crippen molar-refractivity contribution >= 4 is 18.3 Å². The van der Waals surface area contributed by atoms with Crippen molar-refractivity contribution in [2.75, 3.05) is 6.54 Å². The van der Waals surface area contributed by atoms with Gasteiger partial charge in [0.2, 0.25) is 0 Å². The Morgan fingerprint density at radius 2 is 2.14 bits per heavy atom. The zero-order valence-electron chi connectivity index (χ0n) is 12.4. The van der Waals surface area contributed by atoms with Crippen molar-refractivity contribution in [2.24, 2.45) is 5.73 Å². The number of nitrogens with zero attached hydrogens (tertiary/aromatic N) is 1. The summed E-state index contributed by atoms with van der Waals surface area (Å²) in [6.07, 6.45) is 2.85. The first-order valence-electron chi connectivity index (χ1n) is 7.10. The van der Waals surface area contributed by atoms with E-state index >= 15 is 0 Å². The second-order valence-corrected chi connectivity index (χ2v) is 5.33. The number of piperidine rings is 1. The predicted molar refractivity (Wildman–Crippen MR) is 82.6 cm³/mol.